The maximum absolute atomic E-state index is 12.7. The van der Waals surface area contributed by atoms with Gasteiger partial charge in [-0.3, -0.25) is 9.69 Å². The summed E-state index contributed by atoms with van der Waals surface area (Å²) in [5, 5.41) is 5.30. The van der Waals surface area contributed by atoms with Crippen LogP contribution in [0.2, 0.25) is 0 Å². The Morgan fingerprint density at radius 2 is 1.86 bits per heavy atom. The molecule has 8 heteroatoms. The maximum atomic E-state index is 12.7. The zero-order chi connectivity index (χ0) is 21.7. The van der Waals surface area contributed by atoms with Gasteiger partial charge in [0.25, 0.3) is 0 Å². The van der Waals surface area contributed by atoms with Gasteiger partial charge in [-0.2, -0.15) is 0 Å². The highest BCUT2D eigenvalue weighted by atomic mass is 16.6. The fourth-order valence-corrected chi connectivity index (χ4v) is 3.27. The van der Waals surface area contributed by atoms with Crippen molar-refractivity contribution in [1.29, 1.82) is 0 Å². The summed E-state index contributed by atoms with van der Waals surface area (Å²) in [7, 11) is 1.30. The molecule has 0 aromatic heterocycles. The predicted molar refractivity (Wildman–Crippen MR) is 108 cm³/mol. The van der Waals surface area contributed by atoms with Crippen LogP contribution < -0.4 is 10.6 Å². The number of methoxy groups -OCH3 is 1. The molecule has 2 atom stereocenters. The Labute approximate surface area is 171 Å². The standard InChI is InChI=1S/C21H31N3O5/c1-15(22-19(27)29-20(2,3)4)17(25)23-21(18(26)28-5)11-12-24(14-21)13-16-9-7-6-8-10-16/h6-10,15H,11-14H2,1-5H3,(H,22,27)(H,23,25). The van der Waals surface area contributed by atoms with Crippen molar-refractivity contribution in [2.75, 3.05) is 20.2 Å². The van der Waals surface area contributed by atoms with E-state index in [0.29, 0.717) is 26.1 Å². The number of benzene rings is 1. The molecule has 160 valence electrons. The van der Waals surface area contributed by atoms with Gasteiger partial charge in [-0.05, 0) is 39.7 Å². The van der Waals surface area contributed by atoms with Gasteiger partial charge in [-0.15, -0.1) is 0 Å². The van der Waals surface area contributed by atoms with Gasteiger partial charge in [0.05, 0.1) is 7.11 Å². The van der Waals surface area contributed by atoms with Crippen molar-refractivity contribution in [1.82, 2.24) is 15.5 Å². The lowest BCUT2D eigenvalue weighted by molar-refractivity contribution is -0.150. The monoisotopic (exact) mass is 405 g/mol. The molecule has 2 unspecified atom stereocenters. The maximum Gasteiger partial charge on any atom is 0.408 e. The van der Waals surface area contributed by atoms with Crippen LogP contribution in [0.4, 0.5) is 4.79 Å². The largest absolute Gasteiger partial charge is 0.467 e. The van der Waals surface area contributed by atoms with Crippen molar-refractivity contribution in [3.8, 4) is 0 Å². The number of carbonyl (C=O) groups excluding carboxylic acids is 3. The first-order valence-corrected chi connectivity index (χ1v) is 9.71. The molecule has 29 heavy (non-hydrogen) atoms. The predicted octanol–water partition coefficient (Wildman–Crippen LogP) is 1.83. The molecule has 1 aromatic rings. The molecule has 0 bridgehead atoms. The minimum absolute atomic E-state index is 0.333. The molecule has 1 heterocycles. The van der Waals surface area contributed by atoms with Crippen molar-refractivity contribution in [2.45, 2.75) is 57.8 Å². The first kappa shape index (κ1) is 22.7. The molecule has 0 spiro atoms. The summed E-state index contributed by atoms with van der Waals surface area (Å²) < 4.78 is 10.1. The van der Waals surface area contributed by atoms with E-state index in [-0.39, 0.29) is 0 Å². The summed E-state index contributed by atoms with van der Waals surface area (Å²) >= 11 is 0. The lowest BCUT2D eigenvalue weighted by Gasteiger charge is -2.29. The van der Waals surface area contributed by atoms with E-state index in [9.17, 15) is 14.4 Å². The molecule has 1 aromatic carbocycles. The van der Waals surface area contributed by atoms with Crippen LogP contribution in [0.3, 0.4) is 0 Å². The molecule has 0 radical (unpaired) electrons. The number of nitrogens with zero attached hydrogens (tertiary/aromatic N) is 1. The van der Waals surface area contributed by atoms with Crippen molar-refractivity contribution in [3.05, 3.63) is 35.9 Å². The van der Waals surface area contributed by atoms with Gasteiger partial charge < -0.3 is 20.1 Å². The second-order valence-corrected chi connectivity index (χ2v) is 8.38. The number of hydrogen-bond acceptors (Lipinski definition) is 6. The van der Waals surface area contributed by atoms with Crippen molar-refractivity contribution in [3.63, 3.8) is 0 Å². The molecule has 2 amide bonds. The lowest BCUT2D eigenvalue weighted by Crippen LogP contribution is -2.60. The minimum Gasteiger partial charge on any atom is -0.467 e. The molecular weight excluding hydrogens is 374 g/mol. The Kier molecular flexibility index (Phi) is 7.24. The van der Waals surface area contributed by atoms with Crippen LogP contribution in [0, 0.1) is 0 Å². The third-order valence-electron chi connectivity index (χ3n) is 4.66. The molecule has 0 aliphatic carbocycles. The van der Waals surface area contributed by atoms with E-state index < -0.39 is 35.2 Å². The first-order chi connectivity index (χ1) is 13.5. The number of hydrogen-bond donors (Lipinski definition) is 2. The zero-order valence-corrected chi connectivity index (χ0v) is 17.8. The quantitative estimate of drug-likeness (QED) is 0.701. The van der Waals surface area contributed by atoms with Crippen molar-refractivity contribution in [2.24, 2.45) is 0 Å². The summed E-state index contributed by atoms with van der Waals surface area (Å²) in [6.07, 6.45) is -0.262. The van der Waals surface area contributed by atoms with Crippen LogP contribution in [0.1, 0.15) is 39.7 Å². The molecule has 1 aliphatic rings. The van der Waals surface area contributed by atoms with Crippen LogP contribution in [0.25, 0.3) is 0 Å². The van der Waals surface area contributed by atoms with Gasteiger partial charge in [0.1, 0.15) is 11.6 Å². The molecule has 2 rings (SSSR count). The number of rotatable bonds is 6. The van der Waals surface area contributed by atoms with Crippen LogP contribution in [-0.2, 0) is 25.6 Å². The average Bonchev–Trinajstić information content (AvgIpc) is 3.03. The van der Waals surface area contributed by atoms with Gasteiger partial charge in [-0.25, -0.2) is 9.59 Å². The molecule has 2 N–H and O–H groups in total. The highest BCUT2D eigenvalue weighted by molar-refractivity contribution is 5.92. The first-order valence-electron chi connectivity index (χ1n) is 9.71. The molecular formula is C21H31N3O5. The third-order valence-corrected chi connectivity index (χ3v) is 4.66. The molecule has 8 nitrogen and oxygen atoms in total. The third kappa shape index (κ3) is 6.45. The zero-order valence-electron chi connectivity index (χ0n) is 17.8. The van der Waals surface area contributed by atoms with E-state index in [1.54, 1.807) is 27.7 Å². The summed E-state index contributed by atoms with van der Waals surface area (Å²) in [6.45, 7) is 8.40. The van der Waals surface area contributed by atoms with Gasteiger partial charge in [0.2, 0.25) is 5.91 Å². The highest BCUT2D eigenvalue weighted by Crippen LogP contribution is 2.25. The van der Waals surface area contributed by atoms with E-state index in [0.717, 1.165) is 5.56 Å². The van der Waals surface area contributed by atoms with Crippen molar-refractivity contribution < 1.29 is 23.9 Å². The summed E-state index contributed by atoms with van der Waals surface area (Å²) in [6, 6.07) is 9.04. The number of carbonyl (C=O) groups is 3. The number of likely N-dealkylation sites (tertiary alicyclic amines) is 1. The van der Waals surface area contributed by atoms with Gasteiger partial charge >= 0.3 is 12.1 Å². The number of amides is 2. The lowest BCUT2D eigenvalue weighted by atomic mass is 9.98. The van der Waals surface area contributed by atoms with Gasteiger partial charge in [0, 0.05) is 19.6 Å². The number of alkyl carbamates (subject to hydrolysis) is 1. The minimum atomic E-state index is -1.15. The number of ether oxygens (including phenoxy) is 2. The molecule has 1 fully saturated rings. The molecule has 1 saturated heterocycles. The normalized spacial score (nSPS) is 20.6. The number of nitrogens with one attached hydrogen (secondary N) is 2. The fraction of sp³-hybridized carbons (Fsp3) is 0.571. The average molecular weight is 405 g/mol. The molecule has 1 aliphatic heterocycles. The van der Waals surface area contributed by atoms with Gasteiger partial charge in [0.15, 0.2) is 5.54 Å². The summed E-state index contributed by atoms with van der Waals surface area (Å²) in [5.74, 6) is -0.964. The summed E-state index contributed by atoms with van der Waals surface area (Å²) in [5.41, 5.74) is -0.694. The van der Waals surface area contributed by atoms with Crippen LogP contribution in [0.15, 0.2) is 30.3 Å². The Bertz CT molecular complexity index is 732. The second-order valence-electron chi connectivity index (χ2n) is 8.38. The highest BCUT2D eigenvalue weighted by Gasteiger charge is 2.47. The van der Waals surface area contributed by atoms with Gasteiger partial charge in [-0.1, -0.05) is 30.3 Å². The van der Waals surface area contributed by atoms with Crippen LogP contribution in [-0.4, -0.2) is 60.3 Å². The van der Waals surface area contributed by atoms with E-state index in [1.807, 2.05) is 30.3 Å². The topological polar surface area (TPSA) is 97.0 Å². The Morgan fingerprint density at radius 1 is 1.21 bits per heavy atom. The fourth-order valence-electron chi connectivity index (χ4n) is 3.27. The van der Waals surface area contributed by atoms with E-state index in [4.69, 9.17) is 9.47 Å². The van der Waals surface area contributed by atoms with E-state index >= 15 is 0 Å². The number of esters is 1. The molecule has 0 saturated carbocycles. The van der Waals surface area contributed by atoms with E-state index in [2.05, 4.69) is 15.5 Å². The van der Waals surface area contributed by atoms with Crippen molar-refractivity contribution >= 4 is 18.0 Å². The van der Waals surface area contributed by atoms with E-state index in [1.165, 1.54) is 7.11 Å². The Hall–Kier alpha value is -2.61. The van der Waals surface area contributed by atoms with Crippen LogP contribution >= 0.6 is 0 Å². The van der Waals surface area contributed by atoms with Crippen LogP contribution in [0.5, 0.6) is 0 Å². The SMILES string of the molecule is COC(=O)C1(NC(=O)C(C)NC(=O)OC(C)(C)C)CCN(Cc2ccccc2)C1. The second kappa shape index (κ2) is 9.26. The smallest absolute Gasteiger partial charge is 0.408 e. The Balaban J connectivity index is 2.02. The Morgan fingerprint density at radius 3 is 2.45 bits per heavy atom. The summed E-state index contributed by atoms with van der Waals surface area (Å²) in [4.78, 5) is 39.2.